The third kappa shape index (κ3) is 6.80. The highest BCUT2D eigenvalue weighted by Crippen LogP contribution is 2.22. The van der Waals surface area contributed by atoms with Gasteiger partial charge in [-0.05, 0) is 31.0 Å². The molecule has 0 aliphatic carbocycles. The third-order valence-electron chi connectivity index (χ3n) is 2.83. The van der Waals surface area contributed by atoms with Crippen LogP contribution < -0.4 is 11.1 Å². The molecule has 0 aromatic heterocycles. The van der Waals surface area contributed by atoms with Crippen molar-refractivity contribution in [2.45, 2.75) is 25.3 Å². The molecule has 0 aliphatic rings. The van der Waals surface area contributed by atoms with E-state index in [9.17, 15) is 9.59 Å². The molecule has 1 atom stereocenters. The molecule has 1 rings (SSSR count). The van der Waals surface area contributed by atoms with Crippen LogP contribution in [0.4, 0.5) is 5.69 Å². The highest BCUT2D eigenvalue weighted by molar-refractivity contribution is 6.35. The molecule has 0 spiro atoms. The van der Waals surface area contributed by atoms with Gasteiger partial charge in [0.05, 0.1) is 13.7 Å². The molecule has 0 fully saturated rings. The molecule has 3 N–H and O–H groups in total. The number of anilines is 1. The number of esters is 1. The van der Waals surface area contributed by atoms with Gasteiger partial charge in [-0.3, -0.25) is 9.59 Å². The average molecular weight is 333 g/mol. The number of benzene rings is 1. The fourth-order valence-electron chi connectivity index (χ4n) is 1.73. The molecular weight excluding hydrogens is 315 g/mol. The van der Waals surface area contributed by atoms with E-state index in [2.05, 4.69) is 10.1 Å². The molecule has 1 aromatic carbocycles. The first-order valence-corrected chi connectivity index (χ1v) is 7.23. The minimum atomic E-state index is -0.678. The monoisotopic (exact) mass is 332 g/mol. The van der Waals surface area contributed by atoms with Crippen molar-refractivity contribution in [1.82, 2.24) is 0 Å². The van der Waals surface area contributed by atoms with Crippen LogP contribution in [-0.2, 0) is 14.3 Å². The van der Waals surface area contributed by atoms with Gasteiger partial charge in [0, 0.05) is 22.2 Å². The van der Waals surface area contributed by atoms with E-state index in [1.807, 2.05) is 0 Å². The van der Waals surface area contributed by atoms with Crippen LogP contribution in [0.2, 0.25) is 10.0 Å². The standard InChI is InChI=1S/C14H18Cl2N2O3/c1-21-14(20)13(17)4-2-3-12(19)8-18-11-6-9(15)5-10(16)7-11/h5-7,13,18H,2-4,8,17H2,1H3. The van der Waals surface area contributed by atoms with Gasteiger partial charge in [-0.2, -0.15) is 0 Å². The maximum atomic E-state index is 11.7. The summed E-state index contributed by atoms with van der Waals surface area (Å²) in [5, 5.41) is 3.96. The molecule has 7 heteroatoms. The number of methoxy groups -OCH3 is 1. The first-order valence-electron chi connectivity index (χ1n) is 6.47. The van der Waals surface area contributed by atoms with Gasteiger partial charge in [-0.25, -0.2) is 0 Å². The predicted octanol–water partition coefficient (Wildman–Crippen LogP) is 2.65. The molecule has 0 heterocycles. The minimum Gasteiger partial charge on any atom is -0.468 e. The van der Waals surface area contributed by atoms with Gasteiger partial charge in [-0.15, -0.1) is 0 Å². The maximum Gasteiger partial charge on any atom is 0.322 e. The van der Waals surface area contributed by atoms with Gasteiger partial charge >= 0.3 is 5.97 Å². The molecule has 1 unspecified atom stereocenters. The largest absolute Gasteiger partial charge is 0.468 e. The van der Waals surface area contributed by atoms with E-state index < -0.39 is 12.0 Å². The van der Waals surface area contributed by atoms with Crippen molar-refractivity contribution in [3.05, 3.63) is 28.2 Å². The Labute approximate surface area is 133 Å². The number of ether oxygens (including phenoxy) is 1. The second-order valence-corrected chi connectivity index (χ2v) is 5.45. The lowest BCUT2D eigenvalue weighted by atomic mass is 10.1. The van der Waals surface area contributed by atoms with E-state index in [0.717, 1.165) is 0 Å². The summed E-state index contributed by atoms with van der Waals surface area (Å²) < 4.78 is 4.51. The number of Topliss-reactive ketones (excluding diaryl/α,β-unsaturated/α-hetero) is 1. The Hall–Kier alpha value is -1.30. The number of hydrogen-bond acceptors (Lipinski definition) is 5. The van der Waals surface area contributed by atoms with Crippen molar-refractivity contribution in [2.24, 2.45) is 5.73 Å². The third-order valence-corrected chi connectivity index (χ3v) is 3.26. The minimum absolute atomic E-state index is 0.0168. The second kappa shape index (κ2) is 8.87. The van der Waals surface area contributed by atoms with Crippen molar-refractivity contribution < 1.29 is 14.3 Å². The van der Waals surface area contributed by atoms with Crippen LogP contribution in [0.15, 0.2) is 18.2 Å². The summed E-state index contributed by atoms with van der Waals surface area (Å²) in [6.07, 6.45) is 1.29. The Balaban J connectivity index is 2.29. The van der Waals surface area contributed by atoms with E-state index in [-0.39, 0.29) is 12.3 Å². The zero-order chi connectivity index (χ0) is 15.8. The van der Waals surface area contributed by atoms with Crippen molar-refractivity contribution in [3.63, 3.8) is 0 Å². The van der Waals surface area contributed by atoms with Crippen molar-refractivity contribution in [2.75, 3.05) is 19.0 Å². The van der Waals surface area contributed by atoms with Gasteiger partial charge in [0.25, 0.3) is 0 Å². The molecule has 0 bridgehead atoms. The zero-order valence-corrected chi connectivity index (χ0v) is 13.2. The van der Waals surface area contributed by atoms with Crippen molar-refractivity contribution in [1.29, 1.82) is 0 Å². The van der Waals surface area contributed by atoms with E-state index in [1.54, 1.807) is 18.2 Å². The Morgan fingerprint density at radius 2 is 1.90 bits per heavy atom. The van der Waals surface area contributed by atoms with Crippen LogP contribution in [0, 0.1) is 0 Å². The van der Waals surface area contributed by atoms with Crippen LogP contribution in [0.25, 0.3) is 0 Å². The van der Waals surface area contributed by atoms with Crippen LogP contribution in [-0.4, -0.2) is 31.4 Å². The summed E-state index contributed by atoms with van der Waals surface area (Å²) in [6.45, 7) is 0.171. The molecule has 5 nitrogen and oxygen atoms in total. The number of carbonyl (C=O) groups is 2. The highest BCUT2D eigenvalue weighted by Gasteiger charge is 2.13. The van der Waals surface area contributed by atoms with Crippen molar-refractivity contribution in [3.8, 4) is 0 Å². The number of ketones is 1. The van der Waals surface area contributed by atoms with E-state index in [4.69, 9.17) is 28.9 Å². The summed E-state index contributed by atoms with van der Waals surface area (Å²) in [7, 11) is 1.29. The summed E-state index contributed by atoms with van der Waals surface area (Å²) in [5.74, 6) is -0.447. The lowest BCUT2D eigenvalue weighted by Gasteiger charge is -2.09. The van der Waals surface area contributed by atoms with Gasteiger partial charge in [0.15, 0.2) is 5.78 Å². The molecule has 0 radical (unpaired) electrons. The fourth-order valence-corrected chi connectivity index (χ4v) is 2.26. The molecule has 0 amide bonds. The van der Waals surface area contributed by atoms with Crippen LogP contribution >= 0.6 is 23.2 Å². The van der Waals surface area contributed by atoms with Crippen LogP contribution in [0.1, 0.15) is 19.3 Å². The Bertz CT molecular complexity index is 489. The molecule has 116 valence electrons. The summed E-state index contributed by atoms with van der Waals surface area (Å²) >= 11 is 11.7. The average Bonchev–Trinajstić information content (AvgIpc) is 2.43. The zero-order valence-electron chi connectivity index (χ0n) is 11.7. The number of carbonyl (C=O) groups excluding carboxylic acids is 2. The topological polar surface area (TPSA) is 81.4 Å². The quantitative estimate of drug-likeness (QED) is 0.715. The molecule has 0 saturated carbocycles. The second-order valence-electron chi connectivity index (χ2n) is 4.57. The number of nitrogens with one attached hydrogen (secondary N) is 1. The summed E-state index contributed by atoms with van der Waals surface area (Å²) in [4.78, 5) is 22.8. The Kier molecular flexibility index (Phi) is 7.50. The molecular formula is C14H18Cl2N2O3. The lowest BCUT2D eigenvalue weighted by Crippen LogP contribution is -2.31. The number of halogens is 2. The molecule has 0 aliphatic heterocycles. The summed E-state index contributed by atoms with van der Waals surface area (Å²) in [6, 6.07) is 4.31. The molecule has 21 heavy (non-hydrogen) atoms. The maximum absolute atomic E-state index is 11.7. The van der Waals surface area contributed by atoms with Gasteiger partial charge in [0.1, 0.15) is 6.04 Å². The first kappa shape index (κ1) is 17.8. The van der Waals surface area contributed by atoms with Gasteiger partial charge in [0.2, 0.25) is 0 Å². The number of rotatable bonds is 8. The van der Waals surface area contributed by atoms with Crippen LogP contribution in [0.3, 0.4) is 0 Å². The van der Waals surface area contributed by atoms with E-state index in [1.165, 1.54) is 7.11 Å². The predicted molar refractivity (Wildman–Crippen MR) is 83.8 cm³/mol. The normalized spacial score (nSPS) is 11.8. The van der Waals surface area contributed by atoms with Crippen molar-refractivity contribution >= 4 is 40.6 Å². The fraction of sp³-hybridized carbons (Fsp3) is 0.429. The highest BCUT2D eigenvalue weighted by atomic mass is 35.5. The number of nitrogens with two attached hydrogens (primary N) is 1. The molecule has 0 saturated heterocycles. The Morgan fingerprint density at radius 3 is 2.48 bits per heavy atom. The van der Waals surface area contributed by atoms with Crippen LogP contribution in [0.5, 0.6) is 0 Å². The van der Waals surface area contributed by atoms with Gasteiger partial charge < -0.3 is 15.8 Å². The smallest absolute Gasteiger partial charge is 0.322 e. The van der Waals surface area contributed by atoms with Gasteiger partial charge in [-0.1, -0.05) is 23.2 Å². The van der Waals surface area contributed by atoms with E-state index >= 15 is 0 Å². The first-order chi connectivity index (χ1) is 9.92. The lowest BCUT2D eigenvalue weighted by molar-refractivity contribution is -0.142. The summed E-state index contributed by atoms with van der Waals surface area (Å²) in [5.41, 5.74) is 6.27. The Morgan fingerprint density at radius 1 is 1.29 bits per heavy atom. The van der Waals surface area contributed by atoms with E-state index in [0.29, 0.717) is 35.0 Å². The SMILES string of the molecule is COC(=O)C(N)CCCC(=O)CNc1cc(Cl)cc(Cl)c1. The molecule has 1 aromatic rings. The number of hydrogen-bond donors (Lipinski definition) is 2.